The lowest BCUT2D eigenvalue weighted by atomic mass is 10.3. The van der Waals surface area contributed by atoms with E-state index in [9.17, 15) is 4.79 Å². The van der Waals surface area contributed by atoms with Gasteiger partial charge in [-0.15, -0.1) is 0 Å². The Morgan fingerprint density at radius 1 is 1.31 bits per heavy atom. The molecule has 0 spiro atoms. The highest BCUT2D eigenvalue weighted by atomic mass is 79.9. The second-order valence-corrected chi connectivity index (χ2v) is 4.23. The van der Waals surface area contributed by atoms with Gasteiger partial charge in [0.2, 0.25) is 0 Å². The summed E-state index contributed by atoms with van der Waals surface area (Å²) in [6.07, 6.45) is 1.90. The standard InChI is InChI=1S/C9H15BrN2O/c1-8(13)9(10)7-12-5-3-11(2)4-6-12/h7H,3-6H2,1-2H3/b9-7-. The normalized spacial score (nSPS) is 20.5. The van der Waals surface area contributed by atoms with E-state index in [-0.39, 0.29) is 5.78 Å². The van der Waals surface area contributed by atoms with E-state index in [2.05, 4.69) is 32.8 Å². The summed E-state index contributed by atoms with van der Waals surface area (Å²) in [5.74, 6) is 0.0823. The molecular weight excluding hydrogens is 232 g/mol. The van der Waals surface area contributed by atoms with E-state index < -0.39 is 0 Å². The van der Waals surface area contributed by atoms with Crippen LogP contribution >= 0.6 is 15.9 Å². The van der Waals surface area contributed by atoms with E-state index in [0.29, 0.717) is 4.48 Å². The van der Waals surface area contributed by atoms with Crippen molar-refractivity contribution in [1.29, 1.82) is 0 Å². The number of carbonyl (C=O) groups excluding carboxylic acids is 1. The molecule has 0 radical (unpaired) electrons. The number of halogens is 1. The Morgan fingerprint density at radius 2 is 1.85 bits per heavy atom. The second-order valence-electron chi connectivity index (χ2n) is 3.37. The van der Waals surface area contributed by atoms with Crippen molar-refractivity contribution in [1.82, 2.24) is 9.80 Å². The fourth-order valence-corrected chi connectivity index (χ4v) is 1.49. The predicted octanol–water partition coefficient (Wildman–Crippen LogP) is 1.06. The van der Waals surface area contributed by atoms with E-state index in [1.165, 1.54) is 0 Å². The number of Topliss-reactive ketones (excluding diaryl/α,β-unsaturated/α-hetero) is 1. The number of allylic oxidation sites excluding steroid dienone is 1. The molecular formula is C9H15BrN2O. The quantitative estimate of drug-likeness (QED) is 0.682. The smallest absolute Gasteiger partial charge is 0.168 e. The van der Waals surface area contributed by atoms with Gasteiger partial charge in [-0.05, 0) is 29.9 Å². The van der Waals surface area contributed by atoms with Gasteiger partial charge in [0.25, 0.3) is 0 Å². The molecule has 0 amide bonds. The van der Waals surface area contributed by atoms with Crippen LogP contribution in [0.3, 0.4) is 0 Å². The lowest BCUT2D eigenvalue weighted by molar-refractivity contribution is -0.112. The third kappa shape index (κ3) is 3.48. The Labute approximate surface area is 87.5 Å². The van der Waals surface area contributed by atoms with Gasteiger partial charge in [0, 0.05) is 32.4 Å². The molecule has 0 aromatic carbocycles. The Balaban J connectivity index is 2.46. The van der Waals surface area contributed by atoms with Crippen molar-refractivity contribution >= 4 is 21.7 Å². The summed E-state index contributed by atoms with van der Waals surface area (Å²) in [4.78, 5) is 15.4. The molecule has 1 saturated heterocycles. The fraction of sp³-hybridized carbons (Fsp3) is 0.667. The third-order valence-electron chi connectivity index (χ3n) is 2.17. The summed E-state index contributed by atoms with van der Waals surface area (Å²) in [6, 6.07) is 0. The first-order valence-electron chi connectivity index (χ1n) is 4.40. The van der Waals surface area contributed by atoms with Crippen molar-refractivity contribution in [3.05, 3.63) is 10.7 Å². The molecule has 74 valence electrons. The third-order valence-corrected chi connectivity index (χ3v) is 2.93. The maximum absolute atomic E-state index is 10.9. The van der Waals surface area contributed by atoms with E-state index in [0.717, 1.165) is 26.2 Å². The first-order valence-corrected chi connectivity index (χ1v) is 5.20. The summed E-state index contributed by atoms with van der Waals surface area (Å²) in [5.41, 5.74) is 0. The van der Waals surface area contributed by atoms with Gasteiger partial charge >= 0.3 is 0 Å². The number of rotatable bonds is 2. The molecule has 0 bridgehead atoms. The van der Waals surface area contributed by atoms with Gasteiger partial charge in [0.15, 0.2) is 5.78 Å². The van der Waals surface area contributed by atoms with E-state index in [1.807, 2.05) is 6.20 Å². The summed E-state index contributed by atoms with van der Waals surface area (Å²) < 4.78 is 0.664. The van der Waals surface area contributed by atoms with Crippen molar-refractivity contribution in [2.75, 3.05) is 33.2 Å². The van der Waals surface area contributed by atoms with Crippen LogP contribution in [0.1, 0.15) is 6.92 Å². The van der Waals surface area contributed by atoms with Crippen LogP contribution in [0.15, 0.2) is 10.7 Å². The van der Waals surface area contributed by atoms with Gasteiger partial charge in [0.1, 0.15) is 0 Å². The van der Waals surface area contributed by atoms with Gasteiger partial charge in [-0.1, -0.05) is 0 Å². The van der Waals surface area contributed by atoms with Crippen LogP contribution in [0.4, 0.5) is 0 Å². The van der Waals surface area contributed by atoms with Crippen LogP contribution in [-0.2, 0) is 4.79 Å². The van der Waals surface area contributed by atoms with Crippen molar-refractivity contribution in [3.63, 3.8) is 0 Å². The maximum atomic E-state index is 10.9. The summed E-state index contributed by atoms with van der Waals surface area (Å²) in [7, 11) is 2.11. The zero-order valence-electron chi connectivity index (χ0n) is 8.09. The minimum Gasteiger partial charge on any atom is -0.374 e. The zero-order valence-corrected chi connectivity index (χ0v) is 9.67. The Hall–Kier alpha value is -0.350. The number of carbonyl (C=O) groups is 1. The van der Waals surface area contributed by atoms with Crippen LogP contribution in [-0.4, -0.2) is 48.8 Å². The molecule has 4 heteroatoms. The predicted molar refractivity (Wildman–Crippen MR) is 56.8 cm³/mol. The first kappa shape index (κ1) is 10.7. The maximum Gasteiger partial charge on any atom is 0.168 e. The number of hydrogen-bond acceptors (Lipinski definition) is 3. The Bertz CT molecular complexity index is 220. The molecule has 0 unspecified atom stereocenters. The molecule has 13 heavy (non-hydrogen) atoms. The number of hydrogen-bond donors (Lipinski definition) is 0. The van der Waals surface area contributed by atoms with Crippen LogP contribution in [0.2, 0.25) is 0 Å². The topological polar surface area (TPSA) is 23.6 Å². The van der Waals surface area contributed by atoms with Crippen LogP contribution in [0.25, 0.3) is 0 Å². The molecule has 0 aliphatic carbocycles. The molecule has 0 aromatic rings. The highest BCUT2D eigenvalue weighted by Crippen LogP contribution is 2.09. The second kappa shape index (κ2) is 4.77. The lowest BCUT2D eigenvalue weighted by Gasteiger charge is -2.31. The van der Waals surface area contributed by atoms with E-state index in [4.69, 9.17) is 0 Å². The van der Waals surface area contributed by atoms with Crippen LogP contribution in [0.5, 0.6) is 0 Å². The molecule has 1 rings (SSSR count). The number of piperazine rings is 1. The Morgan fingerprint density at radius 3 is 2.31 bits per heavy atom. The molecule has 1 aliphatic rings. The minimum atomic E-state index is 0.0823. The molecule has 0 saturated carbocycles. The van der Waals surface area contributed by atoms with Gasteiger partial charge in [0.05, 0.1) is 4.48 Å². The molecule has 0 aromatic heterocycles. The molecule has 1 fully saturated rings. The van der Waals surface area contributed by atoms with Gasteiger partial charge in [-0.2, -0.15) is 0 Å². The molecule has 3 nitrogen and oxygen atoms in total. The number of nitrogens with zero attached hydrogens (tertiary/aromatic N) is 2. The highest BCUT2D eigenvalue weighted by Gasteiger charge is 2.11. The zero-order chi connectivity index (χ0) is 9.84. The number of ketones is 1. The van der Waals surface area contributed by atoms with Crippen LogP contribution < -0.4 is 0 Å². The average molecular weight is 247 g/mol. The minimum absolute atomic E-state index is 0.0823. The average Bonchev–Trinajstić information content (AvgIpc) is 2.08. The summed E-state index contributed by atoms with van der Waals surface area (Å²) in [5, 5.41) is 0. The van der Waals surface area contributed by atoms with E-state index >= 15 is 0 Å². The van der Waals surface area contributed by atoms with Crippen molar-refractivity contribution in [3.8, 4) is 0 Å². The van der Waals surface area contributed by atoms with Crippen molar-refractivity contribution < 1.29 is 4.79 Å². The summed E-state index contributed by atoms with van der Waals surface area (Å²) in [6.45, 7) is 5.69. The van der Waals surface area contributed by atoms with Gasteiger partial charge in [-0.25, -0.2) is 0 Å². The highest BCUT2D eigenvalue weighted by molar-refractivity contribution is 9.12. The largest absolute Gasteiger partial charge is 0.374 e. The number of likely N-dealkylation sites (N-methyl/N-ethyl adjacent to an activating group) is 1. The molecule has 0 N–H and O–H groups in total. The van der Waals surface area contributed by atoms with Crippen molar-refractivity contribution in [2.24, 2.45) is 0 Å². The Kier molecular flexibility index (Phi) is 3.93. The van der Waals surface area contributed by atoms with Gasteiger partial charge < -0.3 is 9.80 Å². The van der Waals surface area contributed by atoms with E-state index in [1.54, 1.807) is 6.92 Å². The monoisotopic (exact) mass is 246 g/mol. The summed E-state index contributed by atoms with van der Waals surface area (Å²) >= 11 is 3.25. The molecule has 0 atom stereocenters. The first-order chi connectivity index (χ1) is 6.09. The molecule has 1 aliphatic heterocycles. The van der Waals surface area contributed by atoms with Crippen LogP contribution in [0, 0.1) is 0 Å². The SMILES string of the molecule is CC(=O)/C(Br)=C/N1CCN(C)CC1. The van der Waals surface area contributed by atoms with Crippen molar-refractivity contribution in [2.45, 2.75) is 6.92 Å². The molecule has 1 heterocycles. The van der Waals surface area contributed by atoms with Gasteiger partial charge in [-0.3, -0.25) is 4.79 Å². The lowest BCUT2D eigenvalue weighted by Crippen LogP contribution is -2.41. The fourth-order valence-electron chi connectivity index (χ4n) is 1.20.